The van der Waals surface area contributed by atoms with E-state index in [-0.39, 0.29) is 23.4 Å². The summed E-state index contributed by atoms with van der Waals surface area (Å²) in [5, 5.41) is 0. The van der Waals surface area contributed by atoms with Gasteiger partial charge < -0.3 is 9.72 Å². The number of rotatable bonds is 4. The number of halogens is 3. The molecule has 0 radical (unpaired) electrons. The molecule has 0 saturated heterocycles. The molecule has 0 atom stereocenters. The summed E-state index contributed by atoms with van der Waals surface area (Å²) in [4.78, 5) is 29.9. The maximum Gasteiger partial charge on any atom is 0.433 e. The van der Waals surface area contributed by atoms with Gasteiger partial charge in [-0.05, 0) is 31.5 Å². The summed E-state index contributed by atoms with van der Waals surface area (Å²) in [6, 6.07) is 1.79. The SMILES string of the molecule is CCOC(=O)c1[nH]cc(C(=O)c2ccc(C(F)(F)F)nc2)c1C. The summed E-state index contributed by atoms with van der Waals surface area (Å²) in [7, 11) is 0. The number of carbonyl (C=O) groups excluding carboxylic acids is 2. The number of hydrogen-bond acceptors (Lipinski definition) is 4. The van der Waals surface area contributed by atoms with Gasteiger partial charge in [0.15, 0.2) is 5.78 Å². The van der Waals surface area contributed by atoms with Crippen molar-refractivity contribution in [2.75, 3.05) is 6.61 Å². The smallest absolute Gasteiger partial charge is 0.433 e. The van der Waals surface area contributed by atoms with Crippen LogP contribution >= 0.6 is 0 Å². The summed E-state index contributed by atoms with van der Waals surface area (Å²) < 4.78 is 42.2. The highest BCUT2D eigenvalue weighted by Crippen LogP contribution is 2.27. The Morgan fingerprint density at radius 3 is 2.52 bits per heavy atom. The fourth-order valence-electron chi connectivity index (χ4n) is 2.00. The minimum absolute atomic E-state index is 0.00416. The van der Waals surface area contributed by atoms with Crippen LogP contribution in [-0.2, 0) is 10.9 Å². The molecule has 0 aliphatic rings. The van der Waals surface area contributed by atoms with E-state index < -0.39 is 23.6 Å². The molecule has 2 aromatic rings. The molecule has 0 spiro atoms. The summed E-state index contributed by atoms with van der Waals surface area (Å²) in [5.41, 5.74) is -0.402. The minimum atomic E-state index is -4.57. The molecule has 2 aromatic heterocycles. The van der Waals surface area contributed by atoms with Gasteiger partial charge in [0.05, 0.1) is 6.61 Å². The first-order valence-electron chi connectivity index (χ1n) is 6.68. The molecule has 0 unspecified atom stereocenters. The normalized spacial score (nSPS) is 11.3. The highest BCUT2D eigenvalue weighted by atomic mass is 19.4. The van der Waals surface area contributed by atoms with Crippen LogP contribution in [0.3, 0.4) is 0 Å². The standard InChI is InChI=1S/C15H13F3N2O3/c1-3-23-14(22)12-8(2)10(7-20-12)13(21)9-4-5-11(19-6-9)15(16,17)18/h4-7,20H,3H2,1-2H3. The molecule has 0 aromatic carbocycles. The van der Waals surface area contributed by atoms with Crippen molar-refractivity contribution in [3.05, 3.63) is 52.6 Å². The molecular weight excluding hydrogens is 313 g/mol. The highest BCUT2D eigenvalue weighted by molar-refractivity contribution is 6.11. The van der Waals surface area contributed by atoms with Crippen molar-refractivity contribution >= 4 is 11.8 Å². The van der Waals surface area contributed by atoms with Crippen LogP contribution in [0.1, 0.15) is 44.6 Å². The number of alkyl halides is 3. The third-order valence-electron chi connectivity index (χ3n) is 3.18. The Morgan fingerprint density at radius 1 is 1.30 bits per heavy atom. The fraction of sp³-hybridized carbons (Fsp3) is 0.267. The number of nitrogens with zero attached hydrogens (tertiary/aromatic N) is 1. The van der Waals surface area contributed by atoms with Gasteiger partial charge >= 0.3 is 12.1 Å². The molecule has 8 heteroatoms. The van der Waals surface area contributed by atoms with Gasteiger partial charge in [-0.3, -0.25) is 9.78 Å². The number of pyridine rings is 1. The Balaban J connectivity index is 2.29. The summed E-state index contributed by atoms with van der Waals surface area (Å²) in [6.07, 6.45) is -2.38. The average molecular weight is 326 g/mol. The number of aromatic nitrogens is 2. The van der Waals surface area contributed by atoms with Crippen LogP contribution in [0.25, 0.3) is 0 Å². The Hall–Kier alpha value is -2.64. The Kier molecular flexibility index (Phi) is 4.53. The third kappa shape index (κ3) is 3.41. The largest absolute Gasteiger partial charge is 0.461 e. The number of aromatic amines is 1. The van der Waals surface area contributed by atoms with E-state index in [4.69, 9.17) is 4.74 Å². The third-order valence-corrected chi connectivity index (χ3v) is 3.18. The van der Waals surface area contributed by atoms with E-state index in [2.05, 4.69) is 9.97 Å². The molecule has 5 nitrogen and oxygen atoms in total. The molecule has 0 aliphatic carbocycles. The first-order valence-corrected chi connectivity index (χ1v) is 6.68. The number of ketones is 1. The molecule has 122 valence electrons. The number of esters is 1. The van der Waals surface area contributed by atoms with E-state index in [0.29, 0.717) is 5.56 Å². The van der Waals surface area contributed by atoms with E-state index in [1.54, 1.807) is 13.8 Å². The zero-order chi connectivity index (χ0) is 17.2. The predicted molar refractivity (Wildman–Crippen MR) is 74.2 cm³/mol. The molecule has 1 N–H and O–H groups in total. The molecule has 2 rings (SSSR count). The van der Waals surface area contributed by atoms with Gasteiger partial charge in [0, 0.05) is 23.5 Å². The van der Waals surface area contributed by atoms with Crippen molar-refractivity contribution in [1.82, 2.24) is 9.97 Å². The van der Waals surface area contributed by atoms with Crippen molar-refractivity contribution in [1.29, 1.82) is 0 Å². The van der Waals surface area contributed by atoms with Crippen LogP contribution in [0.5, 0.6) is 0 Å². The van der Waals surface area contributed by atoms with E-state index in [1.165, 1.54) is 6.20 Å². The van der Waals surface area contributed by atoms with Crippen molar-refractivity contribution in [2.45, 2.75) is 20.0 Å². The first kappa shape index (κ1) is 16.7. The fourth-order valence-corrected chi connectivity index (χ4v) is 2.00. The molecule has 0 saturated carbocycles. The summed E-state index contributed by atoms with van der Waals surface area (Å²) in [6.45, 7) is 3.38. The predicted octanol–water partition coefficient (Wildman–Crippen LogP) is 3.14. The number of nitrogens with one attached hydrogen (secondary N) is 1. The topological polar surface area (TPSA) is 72.1 Å². The van der Waals surface area contributed by atoms with E-state index in [9.17, 15) is 22.8 Å². The van der Waals surface area contributed by atoms with Crippen LogP contribution in [0, 0.1) is 6.92 Å². The number of ether oxygens (including phenoxy) is 1. The van der Waals surface area contributed by atoms with Crippen LogP contribution < -0.4 is 0 Å². The number of H-pyrrole nitrogens is 1. The Morgan fingerprint density at radius 2 is 2.00 bits per heavy atom. The second-order valence-corrected chi connectivity index (χ2v) is 4.68. The molecule has 0 aliphatic heterocycles. The van der Waals surface area contributed by atoms with Crippen LogP contribution in [0.15, 0.2) is 24.5 Å². The van der Waals surface area contributed by atoms with Crippen LogP contribution in [0.2, 0.25) is 0 Å². The van der Waals surface area contributed by atoms with Crippen molar-refractivity contribution in [3.63, 3.8) is 0 Å². The Bertz CT molecular complexity index is 733. The lowest BCUT2D eigenvalue weighted by molar-refractivity contribution is -0.141. The van der Waals surface area contributed by atoms with Crippen molar-refractivity contribution < 1.29 is 27.5 Å². The minimum Gasteiger partial charge on any atom is -0.461 e. The zero-order valence-electron chi connectivity index (χ0n) is 12.3. The second-order valence-electron chi connectivity index (χ2n) is 4.68. The van der Waals surface area contributed by atoms with Crippen molar-refractivity contribution in [2.24, 2.45) is 0 Å². The van der Waals surface area contributed by atoms with E-state index >= 15 is 0 Å². The van der Waals surface area contributed by atoms with Gasteiger partial charge in [-0.1, -0.05) is 0 Å². The van der Waals surface area contributed by atoms with Crippen molar-refractivity contribution in [3.8, 4) is 0 Å². The highest BCUT2D eigenvalue weighted by Gasteiger charge is 2.32. The number of carbonyl (C=O) groups is 2. The second kappa shape index (κ2) is 6.23. The monoisotopic (exact) mass is 326 g/mol. The molecule has 23 heavy (non-hydrogen) atoms. The van der Waals surface area contributed by atoms with Crippen LogP contribution in [-0.4, -0.2) is 28.3 Å². The maximum absolute atomic E-state index is 12.5. The molecule has 0 bridgehead atoms. The van der Waals surface area contributed by atoms with Crippen LogP contribution in [0.4, 0.5) is 13.2 Å². The molecular formula is C15H13F3N2O3. The maximum atomic E-state index is 12.5. The van der Waals surface area contributed by atoms with E-state index in [1.807, 2.05) is 0 Å². The average Bonchev–Trinajstić information content (AvgIpc) is 2.88. The number of hydrogen-bond donors (Lipinski definition) is 1. The van der Waals surface area contributed by atoms with Gasteiger partial charge in [-0.25, -0.2) is 4.79 Å². The summed E-state index contributed by atoms with van der Waals surface area (Å²) >= 11 is 0. The van der Waals surface area contributed by atoms with Gasteiger partial charge in [0.1, 0.15) is 11.4 Å². The molecule has 0 fully saturated rings. The lowest BCUT2D eigenvalue weighted by Crippen LogP contribution is -2.10. The van der Waals surface area contributed by atoms with Gasteiger partial charge in [-0.15, -0.1) is 0 Å². The van der Waals surface area contributed by atoms with E-state index in [0.717, 1.165) is 18.3 Å². The zero-order valence-corrected chi connectivity index (χ0v) is 12.3. The molecule has 0 amide bonds. The summed E-state index contributed by atoms with van der Waals surface area (Å²) in [5.74, 6) is -1.13. The molecule has 2 heterocycles. The van der Waals surface area contributed by atoms with Gasteiger partial charge in [0.25, 0.3) is 0 Å². The lowest BCUT2D eigenvalue weighted by atomic mass is 10.0. The van der Waals surface area contributed by atoms with Gasteiger partial charge in [-0.2, -0.15) is 13.2 Å². The quantitative estimate of drug-likeness (QED) is 0.692. The Labute approximate surface area is 129 Å². The lowest BCUT2D eigenvalue weighted by Gasteiger charge is -2.06. The van der Waals surface area contributed by atoms with Gasteiger partial charge in [0.2, 0.25) is 0 Å². The first-order chi connectivity index (χ1) is 10.8.